The largest absolute Gasteiger partial charge is 0.325 e. The Bertz CT molecular complexity index is 859. The molecule has 0 aliphatic carbocycles. The molecule has 1 amide bonds. The number of hydrogen-bond acceptors (Lipinski definition) is 5. The van der Waals surface area contributed by atoms with Gasteiger partial charge in [-0.1, -0.05) is 12.1 Å². The Balaban J connectivity index is 1.69. The summed E-state index contributed by atoms with van der Waals surface area (Å²) in [6.45, 7) is 3.90. The number of halogens is 1. The van der Waals surface area contributed by atoms with E-state index in [2.05, 4.69) is 10.6 Å². The van der Waals surface area contributed by atoms with Crippen LogP contribution < -0.4 is 10.6 Å². The number of carbonyl (C=O) groups is 1. The van der Waals surface area contributed by atoms with E-state index in [4.69, 9.17) is 0 Å². The van der Waals surface area contributed by atoms with Crippen LogP contribution in [0, 0.1) is 22.9 Å². The van der Waals surface area contributed by atoms with Gasteiger partial charge in [0, 0.05) is 43.5 Å². The number of piperazine rings is 1. The molecule has 8 heteroatoms. The standard InChI is InChI=1S/C19H21FN4O3/c1-13-9-16(24(26)27)5-6-17(13)22-19(25)12-23-8-7-21-11-18(23)14-3-2-4-15(20)10-14/h2-6,9-10,18,21H,7-8,11-12H2,1H3,(H,22,25). The smallest absolute Gasteiger partial charge is 0.269 e. The van der Waals surface area contributed by atoms with E-state index >= 15 is 0 Å². The monoisotopic (exact) mass is 372 g/mol. The molecular weight excluding hydrogens is 351 g/mol. The van der Waals surface area contributed by atoms with E-state index in [0.29, 0.717) is 24.3 Å². The maximum absolute atomic E-state index is 13.6. The van der Waals surface area contributed by atoms with Crippen LogP contribution in [0.5, 0.6) is 0 Å². The molecule has 1 unspecified atom stereocenters. The number of nitrogens with zero attached hydrogens (tertiary/aromatic N) is 2. The zero-order valence-electron chi connectivity index (χ0n) is 14.9. The number of nitrogens with one attached hydrogen (secondary N) is 2. The van der Waals surface area contributed by atoms with Gasteiger partial charge in [-0.25, -0.2) is 4.39 Å². The van der Waals surface area contributed by atoms with Gasteiger partial charge >= 0.3 is 0 Å². The molecule has 1 aliphatic rings. The van der Waals surface area contributed by atoms with Gasteiger partial charge in [0.2, 0.25) is 5.91 Å². The number of hydrogen-bond donors (Lipinski definition) is 2. The fraction of sp³-hybridized carbons (Fsp3) is 0.316. The van der Waals surface area contributed by atoms with Crippen molar-refractivity contribution in [1.29, 1.82) is 0 Å². The summed E-state index contributed by atoms with van der Waals surface area (Å²) in [5.74, 6) is -0.515. The van der Waals surface area contributed by atoms with Crippen molar-refractivity contribution in [2.24, 2.45) is 0 Å². The third kappa shape index (κ3) is 4.66. The summed E-state index contributed by atoms with van der Waals surface area (Å²) in [4.78, 5) is 24.9. The maximum Gasteiger partial charge on any atom is 0.269 e. The SMILES string of the molecule is Cc1cc([N+](=O)[O-])ccc1NC(=O)CN1CCNCC1c1cccc(F)c1. The van der Waals surface area contributed by atoms with Crippen LogP contribution in [0.15, 0.2) is 42.5 Å². The summed E-state index contributed by atoms with van der Waals surface area (Å²) in [6.07, 6.45) is 0. The first-order chi connectivity index (χ1) is 12.9. The fourth-order valence-corrected chi connectivity index (χ4v) is 3.25. The number of anilines is 1. The zero-order chi connectivity index (χ0) is 19.4. The van der Waals surface area contributed by atoms with Gasteiger partial charge in [0.05, 0.1) is 11.5 Å². The summed E-state index contributed by atoms with van der Waals surface area (Å²) in [5, 5.41) is 16.9. The minimum absolute atomic E-state index is 0.0150. The van der Waals surface area contributed by atoms with E-state index in [-0.39, 0.29) is 30.0 Å². The zero-order valence-corrected chi connectivity index (χ0v) is 14.9. The topological polar surface area (TPSA) is 87.5 Å². The Labute approximate surface area is 156 Å². The predicted molar refractivity (Wildman–Crippen MR) is 100 cm³/mol. The molecule has 1 atom stereocenters. The molecule has 1 heterocycles. The fourth-order valence-electron chi connectivity index (χ4n) is 3.25. The Kier molecular flexibility index (Phi) is 5.78. The summed E-state index contributed by atoms with van der Waals surface area (Å²) >= 11 is 0. The van der Waals surface area contributed by atoms with Crippen molar-refractivity contribution >= 4 is 17.3 Å². The second-order valence-corrected chi connectivity index (χ2v) is 6.55. The lowest BCUT2D eigenvalue weighted by Gasteiger charge is -2.36. The number of nitro groups is 1. The molecule has 1 fully saturated rings. The predicted octanol–water partition coefficient (Wildman–Crippen LogP) is 2.63. The van der Waals surface area contributed by atoms with Crippen LogP contribution in [0.3, 0.4) is 0 Å². The number of carbonyl (C=O) groups excluding carboxylic acids is 1. The molecule has 1 aliphatic heterocycles. The number of aryl methyl sites for hydroxylation is 1. The molecular formula is C19H21FN4O3. The molecule has 1 saturated heterocycles. The van der Waals surface area contributed by atoms with Gasteiger partial charge in [-0.15, -0.1) is 0 Å². The van der Waals surface area contributed by atoms with Crippen LogP contribution in [0.4, 0.5) is 15.8 Å². The van der Waals surface area contributed by atoms with Crippen molar-refractivity contribution in [2.45, 2.75) is 13.0 Å². The van der Waals surface area contributed by atoms with Crippen LogP contribution in [0.1, 0.15) is 17.2 Å². The lowest BCUT2D eigenvalue weighted by Crippen LogP contribution is -2.48. The van der Waals surface area contributed by atoms with Gasteiger partial charge in [-0.3, -0.25) is 19.8 Å². The summed E-state index contributed by atoms with van der Waals surface area (Å²) < 4.78 is 13.6. The third-order valence-electron chi connectivity index (χ3n) is 4.63. The van der Waals surface area contributed by atoms with Crippen LogP contribution >= 0.6 is 0 Å². The molecule has 0 radical (unpaired) electrons. The molecule has 142 valence electrons. The normalized spacial score (nSPS) is 17.5. The highest BCUT2D eigenvalue weighted by atomic mass is 19.1. The number of amides is 1. The Morgan fingerprint density at radius 2 is 2.19 bits per heavy atom. The minimum atomic E-state index is -0.469. The third-order valence-corrected chi connectivity index (χ3v) is 4.63. The van der Waals surface area contributed by atoms with E-state index in [9.17, 15) is 19.3 Å². The number of rotatable bonds is 5. The first-order valence-electron chi connectivity index (χ1n) is 8.69. The van der Waals surface area contributed by atoms with Crippen molar-refractivity contribution in [3.63, 3.8) is 0 Å². The maximum atomic E-state index is 13.6. The molecule has 0 bridgehead atoms. The highest BCUT2D eigenvalue weighted by Gasteiger charge is 2.26. The highest BCUT2D eigenvalue weighted by Crippen LogP contribution is 2.24. The number of nitro benzene ring substituents is 1. The van der Waals surface area contributed by atoms with Crippen molar-refractivity contribution < 1.29 is 14.1 Å². The second-order valence-electron chi connectivity index (χ2n) is 6.55. The van der Waals surface area contributed by atoms with Crippen molar-refractivity contribution in [3.05, 3.63) is 69.5 Å². The van der Waals surface area contributed by atoms with Crippen LogP contribution in [0.25, 0.3) is 0 Å². The molecule has 0 saturated carbocycles. The lowest BCUT2D eigenvalue weighted by molar-refractivity contribution is -0.384. The first kappa shape index (κ1) is 18.9. The van der Waals surface area contributed by atoms with Crippen LogP contribution in [-0.2, 0) is 4.79 Å². The summed E-state index contributed by atoms with van der Waals surface area (Å²) in [7, 11) is 0. The van der Waals surface area contributed by atoms with E-state index in [1.54, 1.807) is 13.0 Å². The van der Waals surface area contributed by atoms with Gasteiger partial charge in [-0.2, -0.15) is 0 Å². The molecule has 2 N–H and O–H groups in total. The lowest BCUT2D eigenvalue weighted by atomic mass is 10.0. The van der Waals surface area contributed by atoms with E-state index in [0.717, 1.165) is 12.1 Å². The molecule has 2 aromatic carbocycles. The van der Waals surface area contributed by atoms with Gasteiger partial charge in [0.1, 0.15) is 5.82 Å². The van der Waals surface area contributed by atoms with E-state index < -0.39 is 4.92 Å². The Morgan fingerprint density at radius 1 is 1.37 bits per heavy atom. The van der Waals surface area contributed by atoms with Gasteiger partial charge in [0.15, 0.2) is 0 Å². The highest BCUT2D eigenvalue weighted by molar-refractivity contribution is 5.93. The molecule has 3 rings (SSSR count). The number of non-ortho nitro benzene ring substituents is 1. The van der Waals surface area contributed by atoms with Crippen molar-refractivity contribution in [3.8, 4) is 0 Å². The Hall–Kier alpha value is -2.84. The van der Waals surface area contributed by atoms with Crippen LogP contribution in [-0.4, -0.2) is 41.9 Å². The summed E-state index contributed by atoms with van der Waals surface area (Å²) in [5.41, 5.74) is 1.97. The quantitative estimate of drug-likeness (QED) is 0.622. The molecule has 0 spiro atoms. The van der Waals surface area contributed by atoms with E-state index in [1.165, 1.54) is 30.3 Å². The molecule has 27 heavy (non-hydrogen) atoms. The first-order valence-corrected chi connectivity index (χ1v) is 8.69. The van der Waals surface area contributed by atoms with Gasteiger partial charge in [-0.05, 0) is 36.2 Å². The van der Waals surface area contributed by atoms with E-state index in [1.807, 2.05) is 11.0 Å². The average Bonchev–Trinajstić information content (AvgIpc) is 2.63. The van der Waals surface area contributed by atoms with Crippen molar-refractivity contribution in [2.75, 3.05) is 31.5 Å². The minimum Gasteiger partial charge on any atom is -0.325 e. The van der Waals surface area contributed by atoms with Gasteiger partial charge in [0.25, 0.3) is 5.69 Å². The molecule has 2 aromatic rings. The van der Waals surface area contributed by atoms with Crippen molar-refractivity contribution in [1.82, 2.24) is 10.2 Å². The summed E-state index contributed by atoms with van der Waals surface area (Å²) in [6, 6.07) is 10.6. The number of benzene rings is 2. The van der Waals surface area contributed by atoms with Gasteiger partial charge < -0.3 is 10.6 Å². The average molecular weight is 372 g/mol. The Morgan fingerprint density at radius 3 is 2.89 bits per heavy atom. The van der Waals surface area contributed by atoms with Crippen LogP contribution in [0.2, 0.25) is 0 Å². The molecule has 7 nitrogen and oxygen atoms in total. The molecule has 0 aromatic heterocycles. The second kappa shape index (κ2) is 8.24.